The van der Waals surface area contributed by atoms with Crippen LogP contribution in [0.1, 0.15) is 19.3 Å². The summed E-state index contributed by atoms with van der Waals surface area (Å²) in [5.41, 5.74) is 5.71. The Morgan fingerprint density at radius 2 is 1.93 bits per heavy atom. The molecule has 2 atom stereocenters. The molecule has 86 valence electrons. The average molecular weight is 243 g/mol. The molecule has 0 spiro atoms. The van der Waals surface area contributed by atoms with Crippen LogP contribution in [0.2, 0.25) is 0 Å². The number of nitrogens with zero attached hydrogens (tertiary/aromatic N) is 1. The first-order valence-corrected chi connectivity index (χ1v) is 6.18. The molecule has 2 N–H and O–H groups in total. The summed E-state index contributed by atoms with van der Waals surface area (Å²) in [7, 11) is 0.120. The van der Waals surface area contributed by atoms with Crippen LogP contribution in [-0.4, -0.2) is 38.6 Å². The molecule has 14 heavy (non-hydrogen) atoms. The van der Waals surface area contributed by atoms with Crippen molar-refractivity contribution in [2.24, 2.45) is 11.7 Å². The Morgan fingerprint density at radius 1 is 1.36 bits per heavy atom. The van der Waals surface area contributed by atoms with Crippen molar-refractivity contribution in [2.75, 3.05) is 19.8 Å². The molecule has 0 amide bonds. The van der Waals surface area contributed by atoms with Gasteiger partial charge in [0, 0.05) is 20.1 Å². The number of nitrogens with two attached hydrogens (primary N) is 1. The van der Waals surface area contributed by atoms with Crippen molar-refractivity contribution in [3.8, 4) is 0 Å². The summed E-state index contributed by atoms with van der Waals surface area (Å²) in [5, 5.41) is 0. The van der Waals surface area contributed by atoms with Crippen molar-refractivity contribution in [3.05, 3.63) is 0 Å². The standard InChI is InChI=1S/C8H18N2O2S.ClH/c1-10(2)13(11,12)6-7-3-4-8(9)5-7;/h7-8H,3-6,9H2,1-2H3;1H/t7-,8+;/m1./s1. The molecule has 1 fully saturated rings. The van der Waals surface area contributed by atoms with E-state index in [0.717, 1.165) is 19.3 Å². The smallest absolute Gasteiger partial charge is 0.213 e. The maximum absolute atomic E-state index is 11.5. The lowest BCUT2D eigenvalue weighted by Gasteiger charge is -2.14. The van der Waals surface area contributed by atoms with Crippen molar-refractivity contribution in [1.29, 1.82) is 0 Å². The summed E-state index contributed by atoms with van der Waals surface area (Å²) in [5.74, 6) is 0.524. The molecule has 0 heterocycles. The van der Waals surface area contributed by atoms with Gasteiger partial charge in [0.1, 0.15) is 0 Å². The first-order valence-electron chi connectivity index (χ1n) is 4.57. The van der Waals surface area contributed by atoms with Crippen LogP contribution in [0.3, 0.4) is 0 Å². The molecule has 1 rings (SSSR count). The van der Waals surface area contributed by atoms with Crippen molar-refractivity contribution in [1.82, 2.24) is 4.31 Å². The maximum Gasteiger partial charge on any atom is 0.213 e. The Balaban J connectivity index is 0.00000169. The van der Waals surface area contributed by atoms with E-state index in [1.165, 1.54) is 4.31 Å². The van der Waals surface area contributed by atoms with Gasteiger partial charge in [-0.15, -0.1) is 12.4 Å². The molecule has 0 aliphatic heterocycles. The van der Waals surface area contributed by atoms with Gasteiger partial charge in [0.05, 0.1) is 5.75 Å². The Labute approximate surface area is 92.3 Å². The second kappa shape index (κ2) is 5.30. The van der Waals surface area contributed by atoms with Crippen molar-refractivity contribution in [2.45, 2.75) is 25.3 Å². The number of sulfonamides is 1. The minimum Gasteiger partial charge on any atom is -0.328 e. The third-order valence-corrected chi connectivity index (χ3v) is 4.59. The lowest BCUT2D eigenvalue weighted by molar-refractivity contribution is 0.497. The number of halogens is 1. The van der Waals surface area contributed by atoms with Crippen LogP contribution in [0.25, 0.3) is 0 Å². The summed E-state index contributed by atoms with van der Waals surface area (Å²) in [6.45, 7) is 0. The summed E-state index contributed by atoms with van der Waals surface area (Å²) in [4.78, 5) is 0. The van der Waals surface area contributed by atoms with Gasteiger partial charge in [0.25, 0.3) is 0 Å². The predicted molar refractivity (Wildman–Crippen MR) is 60.0 cm³/mol. The van der Waals surface area contributed by atoms with Crippen molar-refractivity contribution < 1.29 is 8.42 Å². The van der Waals surface area contributed by atoms with Crippen LogP contribution < -0.4 is 5.73 Å². The van der Waals surface area contributed by atoms with Gasteiger partial charge < -0.3 is 5.73 Å². The van der Waals surface area contributed by atoms with E-state index in [1.54, 1.807) is 14.1 Å². The van der Waals surface area contributed by atoms with Gasteiger partial charge in [-0.05, 0) is 25.2 Å². The second-order valence-electron chi connectivity index (χ2n) is 4.00. The predicted octanol–water partition coefficient (Wildman–Crippen LogP) is 0.427. The van der Waals surface area contributed by atoms with Crippen LogP contribution in [0.15, 0.2) is 0 Å². The minimum absolute atomic E-state index is 0. The van der Waals surface area contributed by atoms with Crippen molar-refractivity contribution in [3.63, 3.8) is 0 Å². The van der Waals surface area contributed by atoms with Crippen molar-refractivity contribution >= 4 is 22.4 Å². The molecule has 0 bridgehead atoms. The first-order chi connectivity index (χ1) is 5.92. The van der Waals surface area contributed by atoms with Gasteiger partial charge in [-0.1, -0.05) is 0 Å². The Kier molecular flexibility index (Phi) is 5.36. The zero-order chi connectivity index (χ0) is 10.1. The quantitative estimate of drug-likeness (QED) is 0.781. The largest absolute Gasteiger partial charge is 0.328 e. The zero-order valence-corrected chi connectivity index (χ0v) is 10.3. The lowest BCUT2D eigenvalue weighted by atomic mass is 10.1. The second-order valence-corrected chi connectivity index (χ2v) is 6.23. The topological polar surface area (TPSA) is 63.4 Å². The van der Waals surface area contributed by atoms with E-state index in [0.29, 0.717) is 0 Å². The fourth-order valence-electron chi connectivity index (χ4n) is 1.71. The SMILES string of the molecule is CN(C)S(=O)(=O)C[C@@H]1CC[C@H](N)C1.Cl. The van der Waals surface area contributed by atoms with Gasteiger partial charge in [-0.3, -0.25) is 0 Å². The Morgan fingerprint density at radius 3 is 2.29 bits per heavy atom. The van der Waals surface area contributed by atoms with Gasteiger partial charge in [-0.2, -0.15) is 0 Å². The molecule has 4 nitrogen and oxygen atoms in total. The molecule has 0 saturated heterocycles. The Bertz CT molecular complexity index is 267. The molecule has 0 aromatic heterocycles. The van der Waals surface area contributed by atoms with E-state index in [9.17, 15) is 8.42 Å². The van der Waals surface area contributed by atoms with Gasteiger partial charge in [-0.25, -0.2) is 12.7 Å². The van der Waals surface area contributed by atoms with E-state index >= 15 is 0 Å². The summed E-state index contributed by atoms with van der Waals surface area (Å²) < 4.78 is 24.2. The van der Waals surface area contributed by atoms with E-state index in [-0.39, 0.29) is 30.1 Å². The molecule has 0 unspecified atom stereocenters. The molecule has 0 aromatic carbocycles. The third-order valence-electron chi connectivity index (χ3n) is 2.58. The molecule has 1 aliphatic carbocycles. The lowest BCUT2D eigenvalue weighted by Crippen LogP contribution is -2.28. The normalized spacial score (nSPS) is 27.7. The van der Waals surface area contributed by atoms with Crippen LogP contribution >= 0.6 is 12.4 Å². The average Bonchev–Trinajstić information content (AvgIpc) is 2.34. The highest BCUT2D eigenvalue weighted by molar-refractivity contribution is 7.89. The summed E-state index contributed by atoms with van der Waals surface area (Å²) in [6.07, 6.45) is 2.77. The highest BCUT2D eigenvalue weighted by Gasteiger charge is 2.27. The fraction of sp³-hybridized carbons (Fsp3) is 1.00. The molecule has 1 aliphatic rings. The number of hydrogen-bond donors (Lipinski definition) is 1. The van der Waals surface area contributed by atoms with E-state index in [4.69, 9.17) is 5.73 Å². The van der Waals surface area contributed by atoms with Gasteiger partial charge in [0.2, 0.25) is 10.0 Å². The summed E-state index contributed by atoms with van der Waals surface area (Å²) >= 11 is 0. The highest BCUT2D eigenvalue weighted by atomic mass is 35.5. The molecular formula is C8H19ClN2O2S. The van der Waals surface area contributed by atoms with Crippen LogP contribution in [0.4, 0.5) is 0 Å². The number of hydrogen-bond acceptors (Lipinski definition) is 3. The van der Waals surface area contributed by atoms with Crippen LogP contribution in [0.5, 0.6) is 0 Å². The van der Waals surface area contributed by atoms with Gasteiger partial charge in [0.15, 0.2) is 0 Å². The number of rotatable bonds is 3. The van der Waals surface area contributed by atoms with E-state index < -0.39 is 10.0 Å². The first kappa shape index (κ1) is 14.2. The fourth-order valence-corrected chi connectivity index (χ4v) is 2.91. The van der Waals surface area contributed by atoms with Gasteiger partial charge >= 0.3 is 0 Å². The maximum atomic E-state index is 11.5. The molecule has 0 aromatic rings. The van der Waals surface area contributed by atoms with Crippen LogP contribution in [-0.2, 0) is 10.0 Å². The molecule has 1 saturated carbocycles. The monoisotopic (exact) mass is 242 g/mol. The Hall–Kier alpha value is 0.160. The van der Waals surface area contributed by atoms with E-state index in [2.05, 4.69) is 0 Å². The molecule has 6 heteroatoms. The third kappa shape index (κ3) is 3.73. The minimum atomic E-state index is -3.03. The van der Waals surface area contributed by atoms with Crippen LogP contribution in [0, 0.1) is 5.92 Å². The van der Waals surface area contributed by atoms with E-state index in [1.807, 2.05) is 0 Å². The summed E-state index contributed by atoms with van der Waals surface area (Å²) in [6, 6.07) is 0.211. The molecular weight excluding hydrogens is 224 g/mol. The highest BCUT2D eigenvalue weighted by Crippen LogP contribution is 2.25. The molecule has 0 radical (unpaired) electrons. The zero-order valence-electron chi connectivity index (χ0n) is 8.64.